The summed E-state index contributed by atoms with van der Waals surface area (Å²) in [5, 5.41) is 12.2. The van der Waals surface area contributed by atoms with Gasteiger partial charge in [0, 0.05) is 6.54 Å². The fraction of sp³-hybridized carbons (Fsp3) is 0.529. The Morgan fingerprint density at radius 3 is 2.62 bits per heavy atom. The van der Waals surface area contributed by atoms with Gasteiger partial charge in [-0.1, -0.05) is 25.6 Å². The number of carbonyl (C=O) groups is 2. The van der Waals surface area contributed by atoms with E-state index in [-0.39, 0.29) is 23.6 Å². The third kappa shape index (κ3) is 5.53. The summed E-state index contributed by atoms with van der Waals surface area (Å²) in [5.41, 5.74) is 1.01. The summed E-state index contributed by atoms with van der Waals surface area (Å²) < 4.78 is 4.96. The van der Waals surface area contributed by atoms with E-state index >= 15 is 0 Å². The minimum Gasteiger partial charge on any atom is -0.462 e. The largest absolute Gasteiger partial charge is 0.462 e. The van der Waals surface area contributed by atoms with Crippen LogP contribution in [0.2, 0.25) is 0 Å². The molecule has 6 nitrogen and oxygen atoms in total. The number of nitrogens with zero attached hydrogens (tertiary/aromatic N) is 2. The number of nitrogens with one attached hydrogen (secondary N) is 1. The van der Waals surface area contributed by atoms with Crippen molar-refractivity contribution in [3.05, 3.63) is 22.9 Å². The zero-order valence-corrected chi connectivity index (χ0v) is 15.5. The number of aromatic nitrogens is 1. The molecule has 0 fully saturated rings. The first-order chi connectivity index (χ1) is 11.3. The van der Waals surface area contributed by atoms with E-state index in [1.807, 2.05) is 19.9 Å². The normalized spacial score (nSPS) is 11.7. The third-order valence-electron chi connectivity index (χ3n) is 3.14. The topological polar surface area (TPSA) is 92.1 Å². The predicted octanol–water partition coefficient (Wildman–Crippen LogP) is 2.69. The number of hydrogen-bond donors (Lipinski definition) is 1. The van der Waals surface area contributed by atoms with Gasteiger partial charge in [0.1, 0.15) is 11.1 Å². The molecule has 0 saturated heterocycles. The predicted molar refractivity (Wildman–Crippen MR) is 92.8 cm³/mol. The number of aryl methyl sites for hydroxylation is 1. The molecule has 0 spiro atoms. The number of hydrogen-bond acceptors (Lipinski definition) is 6. The molecule has 1 heterocycles. The number of pyridine rings is 1. The Hall–Kier alpha value is -2.07. The van der Waals surface area contributed by atoms with Gasteiger partial charge in [-0.3, -0.25) is 4.79 Å². The van der Waals surface area contributed by atoms with Crippen molar-refractivity contribution in [3.8, 4) is 6.07 Å². The number of rotatable bonds is 7. The van der Waals surface area contributed by atoms with Crippen LogP contribution in [-0.2, 0) is 9.53 Å². The van der Waals surface area contributed by atoms with Gasteiger partial charge in [-0.25, -0.2) is 9.78 Å². The Labute approximate surface area is 147 Å². The van der Waals surface area contributed by atoms with E-state index in [2.05, 4.69) is 10.3 Å². The van der Waals surface area contributed by atoms with E-state index in [0.717, 1.165) is 0 Å². The van der Waals surface area contributed by atoms with Gasteiger partial charge in [0.2, 0.25) is 5.91 Å². The van der Waals surface area contributed by atoms with Crippen LogP contribution in [0.4, 0.5) is 0 Å². The van der Waals surface area contributed by atoms with Crippen molar-refractivity contribution in [1.29, 1.82) is 5.26 Å². The Kier molecular flexibility index (Phi) is 7.72. The molecule has 0 aliphatic carbocycles. The van der Waals surface area contributed by atoms with Crippen LogP contribution in [0.15, 0.2) is 11.1 Å². The van der Waals surface area contributed by atoms with Crippen LogP contribution in [0.3, 0.4) is 0 Å². The van der Waals surface area contributed by atoms with Crippen molar-refractivity contribution >= 4 is 23.6 Å². The molecule has 0 saturated carbocycles. The lowest BCUT2D eigenvalue weighted by molar-refractivity contribution is -0.120. The summed E-state index contributed by atoms with van der Waals surface area (Å²) >= 11 is 1.20. The molecule has 0 bridgehead atoms. The molecule has 24 heavy (non-hydrogen) atoms. The SMILES string of the molecule is CCOC(=O)c1cc(C#N)c(S[C@H](C)C(=O)NCC(C)C)nc1C. The highest BCUT2D eigenvalue weighted by atomic mass is 32.2. The first kappa shape index (κ1) is 20.0. The first-order valence-electron chi connectivity index (χ1n) is 7.83. The summed E-state index contributed by atoms with van der Waals surface area (Å²) in [6, 6.07) is 3.51. The van der Waals surface area contributed by atoms with E-state index in [1.54, 1.807) is 20.8 Å². The Morgan fingerprint density at radius 1 is 1.42 bits per heavy atom. The highest BCUT2D eigenvalue weighted by Crippen LogP contribution is 2.27. The lowest BCUT2D eigenvalue weighted by Crippen LogP contribution is -2.33. The minimum absolute atomic E-state index is 0.105. The molecule has 0 unspecified atom stereocenters. The van der Waals surface area contributed by atoms with Crippen molar-refractivity contribution in [3.63, 3.8) is 0 Å². The van der Waals surface area contributed by atoms with Gasteiger partial charge in [0.15, 0.2) is 0 Å². The number of nitriles is 1. The maximum absolute atomic E-state index is 12.1. The summed E-state index contributed by atoms with van der Waals surface area (Å²) in [6.07, 6.45) is 0. The molecule has 1 rings (SSSR count). The lowest BCUT2D eigenvalue weighted by atomic mass is 10.1. The van der Waals surface area contributed by atoms with Gasteiger partial charge in [-0.05, 0) is 32.8 Å². The molecule has 7 heteroatoms. The van der Waals surface area contributed by atoms with E-state index in [4.69, 9.17) is 4.74 Å². The van der Waals surface area contributed by atoms with Crippen LogP contribution >= 0.6 is 11.8 Å². The van der Waals surface area contributed by atoms with Crippen LogP contribution in [0.25, 0.3) is 0 Å². The van der Waals surface area contributed by atoms with Crippen molar-refractivity contribution in [2.45, 2.75) is 44.9 Å². The van der Waals surface area contributed by atoms with Crippen molar-refractivity contribution in [2.24, 2.45) is 5.92 Å². The summed E-state index contributed by atoms with van der Waals surface area (Å²) in [7, 11) is 0. The summed E-state index contributed by atoms with van der Waals surface area (Å²) in [4.78, 5) is 28.3. The highest BCUT2D eigenvalue weighted by Gasteiger charge is 2.20. The fourth-order valence-corrected chi connectivity index (χ4v) is 2.78. The van der Waals surface area contributed by atoms with E-state index in [1.165, 1.54) is 17.8 Å². The van der Waals surface area contributed by atoms with Crippen molar-refractivity contribution in [1.82, 2.24) is 10.3 Å². The van der Waals surface area contributed by atoms with Gasteiger partial charge in [0.05, 0.1) is 28.7 Å². The van der Waals surface area contributed by atoms with Gasteiger partial charge >= 0.3 is 5.97 Å². The summed E-state index contributed by atoms with van der Waals surface area (Å²) in [5.74, 6) is -0.241. The van der Waals surface area contributed by atoms with E-state index in [0.29, 0.717) is 23.2 Å². The lowest BCUT2D eigenvalue weighted by Gasteiger charge is -2.14. The third-order valence-corrected chi connectivity index (χ3v) is 4.24. The van der Waals surface area contributed by atoms with Gasteiger partial charge < -0.3 is 10.1 Å². The summed E-state index contributed by atoms with van der Waals surface area (Å²) in [6.45, 7) is 10.1. The molecule has 0 radical (unpaired) electrons. The maximum Gasteiger partial charge on any atom is 0.340 e. The van der Waals surface area contributed by atoms with E-state index < -0.39 is 11.2 Å². The van der Waals surface area contributed by atoms with E-state index in [9.17, 15) is 14.9 Å². The average molecular weight is 349 g/mol. The monoisotopic (exact) mass is 349 g/mol. The Bertz CT molecular complexity index is 653. The number of ether oxygens (including phenoxy) is 1. The Morgan fingerprint density at radius 2 is 2.08 bits per heavy atom. The van der Waals surface area contributed by atoms with Crippen molar-refractivity contribution < 1.29 is 14.3 Å². The second-order valence-electron chi connectivity index (χ2n) is 5.71. The second-order valence-corrected chi connectivity index (χ2v) is 7.03. The zero-order chi connectivity index (χ0) is 18.3. The van der Waals surface area contributed by atoms with Crippen LogP contribution in [-0.4, -0.2) is 35.3 Å². The van der Waals surface area contributed by atoms with Gasteiger partial charge in [-0.2, -0.15) is 5.26 Å². The molecule has 1 atom stereocenters. The quantitative estimate of drug-likeness (QED) is 0.601. The van der Waals surface area contributed by atoms with Gasteiger partial charge in [0.25, 0.3) is 0 Å². The molecule has 0 aliphatic heterocycles. The molecule has 1 N–H and O–H groups in total. The second kappa shape index (κ2) is 9.28. The molecule has 1 amide bonds. The van der Waals surface area contributed by atoms with Crippen molar-refractivity contribution in [2.75, 3.05) is 13.2 Å². The minimum atomic E-state index is -0.502. The van der Waals surface area contributed by atoms with Gasteiger partial charge in [-0.15, -0.1) is 0 Å². The highest BCUT2D eigenvalue weighted by molar-refractivity contribution is 8.00. The fourth-order valence-electron chi connectivity index (χ4n) is 1.84. The van der Waals surface area contributed by atoms with Crippen LogP contribution in [0.1, 0.15) is 49.3 Å². The average Bonchev–Trinajstić information content (AvgIpc) is 2.52. The Balaban J connectivity index is 2.96. The molecular weight excluding hydrogens is 326 g/mol. The standard InChI is InChI=1S/C17H23N3O3S/c1-6-23-17(22)14-7-13(8-18)16(20-11(14)4)24-12(5)15(21)19-9-10(2)3/h7,10,12H,6,9H2,1-5H3,(H,19,21)/t12-/m1/s1. The maximum atomic E-state index is 12.1. The smallest absolute Gasteiger partial charge is 0.340 e. The first-order valence-corrected chi connectivity index (χ1v) is 8.71. The number of amides is 1. The molecule has 1 aromatic heterocycles. The number of thioether (sulfide) groups is 1. The number of esters is 1. The number of carbonyl (C=O) groups excluding carboxylic acids is 2. The molecule has 1 aromatic rings. The zero-order valence-electron chi connectivity index (χ0n) is 14.7. The molecule has 0 aromatic carbocycles. The molecule has 0 aliphatic rings. The molecular formula is C17H23N3O3S. The van der Waals surface area contributed by atoms with Crippen LogP contribution in [0.5, 0.6) is 0 Å². The molecule has 130 valence electrons. The van der Waals surface area contributed by atoms with Crippen LogP contribution < -0.4 is 5.32 Å². The van der Waals surface area contributed by atoms with Crippen LogP contribution in [0, 0.1) is 24.2 Å².